The fourth-order valence-corrected chi connectivity index (χ4v) is 6.37. The van der Waals surface area contributed by atoms with Crippen LogP contribution in [0.5, 0.6) is 5.75 Å². The number of rotatable bonds is 7. The second kappa shape index (κ2) is 12.5. The van der Waals surface area contributed by atoms with Crippen molar-refractivity contribution in [1.82, 2.24) is 4.90 Å². The van der Waals surface area contributed by atoms with Crippen molar-refractivity contribution in [2.45, 2.75) is 64.5 Å². The highest BCUT2D eigenvalue weighted by Crippen LogP contribution is 2.47. The molecule has 1 saturated heterocycles. The van der Waals surface area contributed by atoms with Gasteiger partial charge < -0.3 is 14.6 Å². The van der Waals surface area contributed by atoms with Gasteiger partial charge in [-0.15, -0.1) is 0 Å². The molecule has 48 heavy (non-hydrogen) atoms. The fourth-order valence-electron chi connectivity index (χ4n) is 6.37. The number of benzene rings is 3. The van der Waals surface area contributed by atoms with Gasteiger partial charge in [0.15, 0.2) is 0 Å². The first kappa shape index (κ1) is 34.8. The monoisotopic (exact) mass is 679 g/mol. The summed E-state index contributed by atoms with van der Waals surface area (Å²) < 4.78 is 108. The lowest BCUT2D eigenvalue weighted by molar-refractivity contribution is -0.143. The first-order chi connectivity index (χ1) is 22.3. The number of aromatic carboxylic acids is 1. The van der Waals surface area contributed by atoms with Gasteiger partial charge >= 0.3 is 24.4 Å². The molecule has 0 spiro atoms. The van der Waals surface area contributed by atoms with Crippen LogP contribution in [-0.4, -0.2) is 41.8 Å². The Morgan fingerprint density at radius 3 is 2.12 bits per heavy atom. The molecule has 13 heteroatoms. The van der Waals surface area contributed by atoms with E-state index in [9.17, 15) is 41.0 Å². The Balaban J connectivity index is 1.56. The zero-order chi connectivity index (χ0) is 35.3. The van der Waals surface area contributed by atoms with Gasteiger partial charge in [0.05, 0.1) is 29.8 Å². The van der Waals surface area contributed by atoms with Crippen LogP contribution in [0, 0.1) is 11.2 Å². The summed E-state index contributed by atoms with van der Waals surface area (Å²) in [5.74, 6) is -1.54. The molecule has 1 aliphatic carbocycles. The minimum Gasteiger partial charge on any atom is -0.496 e. The number of nitrogens with zero attached hydrogens (tertiary/aromatic N) is 1. The van der Waals surface area contributed by atoms with E-state index in [2.05, 4.69) is 0 Å². The number of hydrogen-bond acceptors (Lipinski definition) is 4. The molecule has 2 aliphatic rings. The number of amides is 1. The van der Waals surface area contributed by atoms with Crippen molar-refractivity contribution >= 4 is 17.6 Å². The number of ether oxygens (including phenoxy) is 2. The highest BCUT2D eigenvalue weighted by molar-refractivity contribution is 5.88. The molecule has 3 aromatic rings. The van der Waals surface area contributed by atoms with Crippen LogP contribution >= 0.6 is 0 Å². The molecule has 0 saturated carbocycles. The van der Waals surface area contributed by atoms with Crippen LogP contribution in [-0.2, 0) is 17.1 Å². The van der Waals surface area contributed by atoms with Crippen molar-refractivity contribution in [2.24, 2.45) is 5.41 Å². The van der Waals surface area contributed by atoms with Gasteiger partial charge in [0.1, 0.15) is 17.7 Å². The summed E-state index contributed by atoms with van der Waals surface area (Å²) in [7, 11) is 1.38. The Bertz CT molecular complexity index is 1750. The number of halogens is 7. The Labute approximate surface area is 271 Å². The third-order valence-electron chi connectivity index (χ3n) is 8.92. The Morgan fingerprint density at radius 1 is 0.979 bits per heavy atom. The number of alkyl halides is 6. The normalized spacial score (nSPS) is 19.8. The number of cyclic esters (lactones) is 1. The highest BCUT2D eigenvalue weighted by atomic mass is 19.4. The standard InChI is InChI=1S/C35H32F7NO5/c1-18-30(21-11-23(34(37,38)39)13-24(12-21)35(40,41)42)48-32(46)43(18)17-22-16-33(2,3)10-9-25(22)27-14-26(28(36)15-29(27)47-4)19-5-7-20(8-6-19)31(44)45/h5-8,11-15,18,30H,9-10,16-17H2,1-4H3,(H,44,45)/t18-,30-/m0/s1. The highest BCUT2D eigenvalue weighted by Gasteiger charge is 2.44. The lowest BCUT2D eigenvalue weighted by Gasteiger charge is -2.36. The van der Waals surface area contributed by atoms with Crippen LogP contribution in [0.1, 0.15) is 78.7 Å². The largest absolute Gasteiger partial charge is 0.496 e. The molecule has 1 fully saturated rings. The van der Waals surface area contributed by atoms with Gasteiger partial charge in [0.25, 0.3) is 0 Å². The summed E-state index contributed by atoms with van der Waals surface area (Å²) in [4.78, 5) is 25.8. The lowest BCUT2D eigenvalue weighted by Crippen LogP contribution is -2.35. The zero-order valence-corrected chi connectivity index (χ0v) is 26.4. The number of allylic oxidation sites excluding steroid dienone is 1. The van der Waals surface area contributed by atoms with E-state index in [1.807, 2.05) is 13.8 Å². The maximum absolute atomic E-state index is 15.4. The van der Waals surface area contributed by atoms with Crippen molar-refractivity contribution in [3.8, 4) is 16.9 Å². The molecular formula is C35H32F7NO5. The molecule has 6 nitrogen and oxygen atoms in total. The number of carboxylic acids is 1. The third kappa shape index (κ3) is 7.00. The maximum Gasteiger partial charge on any atom is 0.416 e. The molecule has 3 aromatic carbocycles. The van der Waals surface area contributed by atoms with E-state index in [1.54, 1.807) is 6.07 Å². The molecule has 0 aromatic heterocycles. The predicted molar refractivity (Wildman–Crippen MR) is 162 cm³/mol. The fraction of sp³-hybridized carbons (Fsp3) is 0.371. The van der Waals surface area contributed by atoms with Crippen molar-refractivity contribution in [2.75, 3.05) is 13.7 Å². The summed E-state index contributed by atoms with van der Waals surface area (Å²) in [6.07, 6.45) is -10.8. The molecular weight excluding hydrogens is 647 g/mol. The molecule has 0 unspecified atom stereocenters. The van der Waals surface area contributed by atoms with Gasteiger partial charge in [-0.2, -0.15) is 26.3 Å². The van der Waals surface area contributed by atoms with E-state index in [1.165, 1.54) is 49.3 Å². The van der Waals surface area contributed by atoms with Crippen LogP contribution in [0.15, 0.2) is 60.2 Å². The summed E-state index contributed by atoms with van der Waals surface area (Å²) >= 11 is 0. The molecule has 0 radical (unpaired) electrons. The number of carboxylic acid groups (broad SMARTS) is 1. The average molecular weight is 680 g/mol. The summed E-state index contributed by atoms with van der Waals surface area (Å²) in [5.41, 5.74) is -1.05. The van der Waals surface area contributed by atoms with Crippen molar-refractivity contribution in [1.29, 1.82) is 0 Å². The first-order valence-corrected chi connectivity index (χ1v) is 15.0. The van der Waals surface area contributed by atoms with Crippen LogP contribution in [0.3, 0.4) is 0 Å². The van der Waals surface area contributed by atoms with Gasteiger partial charge in [-0.3, -0.25) is 4.90 Å². The molecule has 256 valence electrons. The molecule has 2 atom stereocenters. The summed E-state index contributed by atoms with van der Waals surface area (Å²) in [6.45, 7) is 5.49. The minimum absolute atomic E-state index is 0.0226. The maximum atomic E-state index is 15.4. The molecule has 1 amide bonds. The van der Waals surface area contributed by atoms with Crippen LogP contribution < -0.4 is 4.74 Å². The number of methoxy groups -OCH3 is 1. The summed E-state index contributed by atoms with van der Waals surface area (Å²) in [5, 5.41) is 9.26. The molecule has 0 bridgehead atoms. The zero-order valence-electron chi connectivity index (χ0n) is 26.4. The van der Waals surface area contributed by atoms with E-state index < -0.39 is 59.1 Å². The van der Waals surface area contributed by atoms with Crippen molar-refractivity contribution < 1.29 is 54.9 Å². The molecule has 1 aliphatic heterocycles. The van der Waals surface area contributed by atoms with Gasteiger partial charge in [0, 0.05) is 23.7 Å². The Hall–Kier alpha value is -4.55. The second-order valence-electron chi connectivity index (χ2n) is 12.9. The smallest absolute Gasteiger partial charge is 0.416 e. The average Bonchev–Trinajstić information content (AvgIpc) is 3.28. The van der Waals surface area contributed by atoms with Gasteiger partial charge in [-0.1, -0.05) is 26.0 Å². The van der Waals surface area contributed by atoms with E-state index in [4.69, 9.17) is 9.47 Å². The summed E-state index contributed by atoms with van der Waals surface area (Å²) in [6, 6.07) is 8.69. The van der Waals surface area contributed by atoms with Gasteiger partial charge in [-0.05, 0) is 90.3 Å². The SMILES string of the molecule is COc1cc(F)c(-c2ccc(C(=O)O)cc2)cc1C1=C(CN2C(=O)O[C@H](c3cc(C(F)(F)F)cc(C(F)(F)F)c3)[C@@H]2C)CC(C)(C)CC1. The van der Waals surface area contributed by atoms with Gasteiger partial charge in [0.2, 0.25) is 0 Å². The van der Waals surface area contributed by atoms with E-state index in [0.717, 1.165) is 11.1 Å². The molecule has 5 rings (SSSR count). The number of carbonyl (C=O) groups excluding carboxylic acids is 1. The van der Waals surface area contributed by atoms with Crippen LogP contribution in [0.2, 0.25) is 0 Å². The lowest BCUT2D eigenvalue weighted by atomic mass is 9.72. The predicted octanol–water partition coefficient (Wildman–Crippen LogP) is 9.78. The van der Waals surface area contributed by atoms with E-state index in [0.29, 0.717) is 42.5 Å². The molecule has 1 N–H and O–H groups in total. The number of hydrogen-bond donors (Lipinski definition) is 1. The quantitative estimate of drug-likeness (QED) is 0.252. The van der Waals surface area contributed by atoms with Gasteiger partial charge in [-0.25, -0.2) is 14.0 Å². The third-order valence-corrected chi connectivity index (χ3v) is 8.92. The first-order valence-electron chi connectivity index (χ1n) is 15.0. The van der Waals surface area contributed by atoms with Crippen molar-refractivity contribution in [3.05, 3.63) is 93.8 Å². The van der Waals surface area contributed by atoms with Crippen molar-refractivity contribution in [3.63, 3.8) is 0 Å². The van der Waals surface area contributed by atoms with E-state index >= 15 is 4.39 Å². The topological polar surface area (TPSA) is 76.1 Å². The second-order valence-corrected chi connectivity index (χ2v) is 12.9. The molecule has 1 heterocycles. The van der Waals surface area contributed by atoms with E-state index in [-0.39, 0.29) is 34.9 Å². The number of carbonyl (C=O) groups is 2. The minimum atomic E-state index is -5.07. The van der Waals surface area contributed by atoms with Crippen LogP contribution in [0.25, 0.3) is 16.7 Å². The Morgan fingerprint density at radius 2 is 1.58 bits per heavy atom. The Kier molecular flexibility index (Phi) is 9.04. The van der Waals surface area contributed by atoms with Crippen LogP contribution in [0.4, 0.5) is 35.5 Å².